The fourth-order valence-corrected chi connectivity index (χ4v) is 5.41. The molecule has 2 aromatic carbocycles. The molecule has 0 amide bonds. The van der Waals surface area contributed by atoms with Crippen molar-refractivity contribution >= 4 is 5.69 Å². The Labute approximate surface area is 156 Å². The summed E-state index contributed by atoms with van der Waals surface area (Å²) >= 11 is 0. The maximum Gasteiger partial charge on any atom is 0.154 e. The Balaban J connectivity index is 1.61. The highest BCUT2D eigenvalue weighted by atomic mass is 16.7. The Morgan fingerprint density at radius 3 is 2.23 bits per heavy atom. The smallest absolute Gasteiger partial charge is 0.154 e. The predicted molar refractivity (Wildman–Crippen MR) is 105 cm³/mol. The lowest BCUT2D eigenvalue weighted by Gasteiger charge is -2.44. The van der Waals surface area contributed by atoms with Crippen molar-refractivity contribution in [2.24, 2.45) is 5.92 Å². The van der Waals surface area contributed by atoms with Gasteiger partial charge in [-0.15, -0.1) is 0 Å². The third-order valence-corrected chi connectivity index (χ3v) is 6.56. The van der Waals surface area contributed by atoms with Crippen molar-refractivity contribution in [1.29, 1.82) is 0 Å². The fraction of sp³-hybridized carbons (Fsp3) is 0.478. The average molecular weight is 348 g/mol. The number of benzene rings is 2. The summed E-state index contributed by atoms with van der Waals surface area (Å²) in [6.45, 7) is 2.36. The topological polar surface area (TPSA) is 15.7 Å². The van der Waals surface area contributed by atoms with Gasteiger partial charge in [0.25, 0.3) is 0 Å². The highest BCUT2D eigenvalue weighted by Crippen LogP contribution is 2.55. The highest BCUT2D eigenvalue weighted by Gasteiger charge is 2.59. The van der Waals surface area contributed by atoms with Gasteiger partial charge in [0.2, 0.25) is 0 Å². The van der Waals surface area contributed by atoms with Crippen LogP contribution in [0.1, 0.15) is 50.1 Å². The van der Waals surface area contributed by atoms with E-state index >= 15 is 0 Å². The third-order valence-electron chi connectivity index (χ3n) is 6.56. The van der Waals surface area contributed by atoms with E-state index in [-0.39, 0.29) is 5.72 Å². The quantitative estimate of drug-likeness (QED) is 0.762. The lowest BCUT2D eigenvalue weighted by molar-refractivity contribution is -0.161. The van der Waals surface area contributed by atoms with Crippen LogP contribution >= 0.6 is 0 Å². The number of fused-ring (bicyclic) bond motifs is 1. The number of rotatable bonds is 3. The van der Waals surface area contributed by atoms with Crippen molar-refractivity contribution in [1.82, 2.24) is 4.90 Å². The van der Waals surface area contributed by atoms with Gasteiger partial charge >= 0.3 is 0 Å². The lowest BCUT2D eigenvalue weighted by Crippen LogP contribution is -2.53. The number of hydrogen-bond donors (Lipinski definition) is 0. The molecule has 26 heavy (non-hydrogen) atoms. The monoisotopic (exact) mass is 348 g/mol. The molecule has 3 nitrogen and oxygen atoms in total. The van der Waals surface area contributed by atoms with E-state index in [4.69, 9.17) is 4.84 Å². The molecule has 0 radical (unpaired) electrons. The van der Waals surface area contributed by atoms with Crippen molar-refractivity contribution in [3.05, 3.63) is 66.2 Å². The number of likely N-dealkylation sites (tertiary alicyclic amines) is 1. The van der Waals surface area contributed by atoms with Crippen LogP contribution in [0.3, 0.4) is 0 Å². The normalized spacial score (nSPS) is 31.9. The number of hydrogen-bond acceptors (Lipinski definition) is 3. The molecule has 3 fully saturated rings. The molecule has 3 aliphatic rings. The van der Waals surface area contributed by atoms with E-state index in [1.807, 2.05) is 0 Å². The van der Waals surface area contributed by atoms with E-state index in [0.717, 1.165) is 6.42 Å². The molecule has 0 spiro atoms. The van der Waals surface area contributed by atoms with Crippen LogP contribution in [0.25, 0.3) is 0 Å². The van der Waals surface area contributed by atoms with Crippen LogP contribution < -0.4 is 5.06 Å². The van der Waals surface area contributed by atoms with E-state index in [0.29, 0.717) is 12.0 Å². The number of anilines is 1. The fourth-order valence-electron chi connectivity index (χ4n) is 5.41. The molecule has 0 N–H and O–H groups in total. The van der Waals surface area contributed by atoms with Gasteiger partial charge < -0.3 is 0 Å². The molecule has 1 saturated carbocycles. The van der Waals surface area contributed by atoms with Gasteiger partial charge in [-0.1, -0.05) is 55.0 Å². The van der Waals surface area contributed by atoms with E-state index in [9.17, 15) is 0 Å². The van der Waals surface area contributed by atoms with Crippen LogP contribution in [0.4, 0.5) is 5.69 Å². The van der Waals surface area contributed by atoms with Gasteiger partial charge in [-0.2, -0.15) is 0 Å². The van der Waals surface area contributed by atoms with E-state index in [1.54, 1.807) is 0 Å². The molecule has 3 atom stereocenters. The zero-order valence-electron chi connectivity index (χ0n) is 15.4. The molecule has 2 heterocycles. The Kier molecular flexibility index (Phi) is 4.22. The largest absolute Gasteiger partial charge is 0.273 e. The van der Waals surface area contributed by atoms with Crippen molar-refractivity contribution in [2.45, 2.75) is 50.3 Å². The van der Waals surface area contributed by atoms with E-state index in [1.165, 1.54) is 56.4 Å². The Hall–Kier alpha value is -1.84. The third kappa shape index (κ3) is 2.57. The van der Waals surface area contributed by atoms with Crippen molar-refractivity contribution in [2.75, 3.05) is 18.2 Å². The zero-order chi connectivity index (χ0) is 17.4. The minimum absolute atomic E-state index is 0.120. The molecule has 0 bridgehead atoms. The van der Waals surface area contributed by atoms with Crippen LogP contribution in [-0.2, 0) is 4.84 Å². The number of para-hydroxylation sites is 1. The minimum atomic E-state index is -0.120. The molecule has 2 saturated heterocycles. The van der Waals surface area contributed by atoms with Crippen molar-refractivity contribution in [3.63, 3.8) is 0 Å². The van der Waals surface area contributed by atoms with Crippen molar-refractivity contribution < 1.29 is 4.84 Å². The maximum atomic E-state index is 6.95. The minimum Gasteiger partial charge on any atom is -0.273 e. The van der Waals surface area contributed by atoms with Crippen molar-refractivity contribution in [3.8, 4) is 0 Å². The highest BCUT2D eigenvalue weighted by molar-refractivity contribution is 5.48. The Bertz CT molecular complexity index is 728. The van der Waals surface area contributed by atoms with Gasteiger partial charge in [-0.3, -0.25) is 4.90 Å². The van der Waals surface area contributed by atoms with Crippen LogP contribution in [0.15, 0.2) is 60.7 Å². The van der Waals surface area contributed by atoms with Gasteiger partial charge in [0.15, 0.2) is 5.72 Å². The zero-order valence-corrected chi connectivity index (χ0v) is 15.4. The maximum absolute atomic E-state index is 6.95. The van der Waals surface area contributed by atoms with Gasteiger partial charge in [0.05, 0.1) is 11.7 Å². The summed E-state index contributed by atoms with van der Waals surface area (Å²) in [6.07, 6.45) is 7.61. The molecule has 2 aliphatic heterocycles. The molecule has 136 valence electrons. The van der Waals surface area contributed by atoms with E-state index in [2.05, 4.69) is 70.6 Å². The summed E-state index contributed by atoms with van der Waals surface area (Å²) in [5.41, 5.74) is 2.43. The summed E-state index contributed by atoms with van der Waals surface area (Å²) in [7, 11) is 0. The summed E-state index contributed by atoms with van der Waals surface area (Å²) in [4.78, 5) is 9.61. The first kappa shape index (κ1) is 16.3. The first-order valence-corrected chi connectivity index (χ1v) is 10.2. The molecular formula is C23H28N2O. The SMILES string of the molecule is c1ccc([C@H]2[C@@H]3CCCC[C@]3(N3CCCC3)ON2c2ccccc2)cc1. The molecular weight excluding hydrogens is 320 g/mol. The van der Waals surface area contributed by atoms with Crippen LogP contribution in [-0.4, -0.2) is 23.7 Å². The Morgan fingerprint density at radius 2 is 1.50 bits per heavy atom. The van der Waals surface area contributed by atoms with Crippen LogP contribution in [0.2, 0.25) is 0 Å². The average Bonchev–Trinajstić information content (AvgIpc) is 3.36. The first-order valence-electron chi connectivity index (χ1n) is 10.2. The molecule has 0 aromatic heterocycles. The Morgan fingerprint density at radius 1 is 0.808 bits per heavy atom. The molecule has 3 heteroatoms. The molecule has 0 unspecified atom stereocenters. The molecule has 2 aromatic rings. The number of nitrogens with zero attached hydrogens (tertiary/aromatic N) is 2. The summed E-state index contributed by atoms with van der Waals surface area (Å²) in [5.74, 6) is 0.525. The van der Waals surface area contributed by atoms with Crippen LogP contribution in [0, 0.1) is 5.92 Å². The van der Waals surface area contributed by atoms with Gasteiger partial charge in [0, 0.05) is 19.0 Å². The van der Waals surface area contributed by atoms with Gasteiger partial charge in [-0.05, 0) is 49.8 Å². The second-order valence-corrected chi connectivity index (χ2v) is 8.00. The summed E-state index contributed by atoms with van der Waals surface area (Å²) in [5, 5.41) is 2.24. The predicted octanol–water partition coefficient (Wildman–Crippen LogP) is 5.16. The molecule has 1 aliphatic carbocycles. The summed E-state index contributed by atoms with van der Waals surface area (Å²) in [6, 6.07) is 22.0. The first-order chi connectivity index (χ1) is 12.9. The second kappa shape index (κ2) is 6.71. The summed E-state index contributed by atoms with van der Waals surface area (Å²) < 4.78 is 0. The standard InChI is InChI=1S/C23H28N2O/c1-3-11-19(12-4-1)22-21-15-7-8-16-23(21,24-17-9-10-18-24)26-25(22)20-13-5-2-6-14-20/h1-6,11-14,21-22H,7-10,15-18H2/t21-,22-,23-/m0/s1. The molecule has 5 rings (SSSR count). The second-order valence-electron chi connectivity index (χ2n) is 8.00. The number of hydroxylamine groups is 1. The van der Waals surface area contributed by atoms with Gasteiger partial charge in [-0.25, -0.2) is 9.90 Å². The lowest BCUT2D eigenvalue weighted by atomic mass is 9.75. The van der Waals surface area contributed by atoms with Crippen LogP contribution in [0.5, 0.6) is 0 Å². The van der Waals surface area contributed by atoms with Gasteiger partial charge in [0.1, 0.15) is 0 Å². The van der Waals surface area contributed by atoms with E-state index < -0.39 is 0 Å².